The highest BCUT2D eigenvalue weighted by Crippen LogP contribution is 2.31. The summed E-state index contributed by atoms with van der Waals surface area (Å²) in [6.07, 6.45) is 3.76. The molecule has 0 unspecified atom stereocenters. The molecule has 0 N–H and O–H groups in total. The maximum atomic E-state index is 11.5. The van der Waals surface area contributed by atoms with Gasteiger partial charge in [0.1, 0.15) is 0 Å². The highest BCUT2D eigenvalue weighted by atomic mass is 16.6. The van der Waals surface area contributed by atoms with Crippen LogP contribution in [0, 0.1) is 0 Å². The molecule has 5 heteroatoms. The zero-order chi connectivity index (χ0) is 11.1. The SMILES string of the molecule is CCCCOC(=O)C1(OCCCC)N=N1. The van der Waals surface area contributed by atoms with Crippen molar-refractivity contribution in [2.75, 3.05) is 13.2 Å². The molecule has 0 aliphatic carbocycles. The fraction of sp³-hybridized carbons (Fsp3) is 0.900. The molecule has 1 aliphatic heterocycles. The molecule has 0 saturated heterocycles. The highest BCUT2D eigenvalue weighted by Gasteiger charge is 2.52. The van der Waals surface area contributed by atoms with Crippen molar-refractivity contribution in [2.45, 2.75) is 45.4 Å². The zero-order valence-electron chi connectivity index (χ0n) is 9.36. The van der Waals surface area contributed by atoms with Gasteiger partial charge in [-0.3, -0.25) is 0 Å². The van der Waals surface area contributed by atoms with Gasteiger partial charge in [-0.25, -0.2) is 4.79 Å². The second kappa shape index (κ2) is 5.80. The first kappa shape index (κ1) is 12.1. The van der Waals surface area contributed by atoms with Gasteiger partial charge in [0.05, 0.1) is 13.2 Å². The Morgan fingerprint density at radius 2 is 1.73 bits per heavy atom. The van der Waals surface area contributed by atoms with Gasteiger partial charge in [-0.05, 0) is 12.8 Å². The van der Waals surface area contributed by atoms with Crippen molar-refractivity contribution >= 4 is 5.97 Å². The molecule has 1 heterocycles. The zero-order valence-corrected chi connectivity index (χ0v) is 9.36. The molecule has 0 aromatic heterocycles. The summed E-state index contributed by atoms with van der Waals surface area (Å²) in [7, 11) is 0. The predicted molar refractivity (Wildman–Crippen MR) is 54.3 cm³/mol. The minimum Gasteiger partial charge on any atom is -0.460 e. The average molecular weight is 214 g/mol. The number of nitrogens with zero attached hydrogens (tertiary/aromatic N) is 2. The minimum absolute atomic E-state index is 0.416. The lowest BCUT2D eigenvalue weighted by atomic mass is 10.3. The van der Waals surface area contributed by atoms with Gasteiger partial charge in [-0.15, -0.1) is 10.2 Å². The Morgan fingerprint density at radius 3 is 2.27 bits per heavy atom. The molecule has 0 amide bonds. The lowest BCUT2D eigenvalue weighted by Crippen LogP contribution is -2.30. The van der Waals surface area contributed by atoms with Crippen molar-refractivity contribution in [2.24, 2.45) is 10.2 Å². The van der Waals surface area contributed by atoms with Gasteiger partial charge in [0.15, 0.2) is 0 Å². The molecule has 0 aromatic carbocycles. The van der Waals surface area contributed by atoms with Gasteiger partial charge < -0.3 is 9.47 Å². The van der Waals surface area contributed by atoms with E-state index in [1.54, 1.807) is 0 Å². The Morgan fingerprint density at radius 1 is 1.13 bits per heavy atom. The van der Waals surface area contributed by atoms with Gasteiger partial charge in [0.2, 0.25) is 0 Å². The third-order valence-corrected chi connectivity index (χ3v) is 2.08. The van der Waals surface area contributed by atoms with E-state index in [4.69, 9.17) is 9.47 Å². The van der Waals surface area contributed by atoms with Crippen LogP contribution in [0.1, 0.15) is 39.5 Å². The Hall–Kier alpha value is -0.970. The normalized spacial score (nSPS) is 16.4. The monoisotopic (exact) mass is 214 g/mol. The maximum Gasteiger partial charge on any atom is 0.393 e. The topological polar surface area (TPSA) is 60.2 Å². The van der Waals surface area contributed by atoms with Gasteiger partial charge in [-0.2, -0.15) is 0 Å². The van der Waals surface area contributed by atoms with E-state index in [0.717, 1.165) is 25.7 Å². The van der Waals surface area contributed by atoms with Crippen LogP contribution in [-0.4, -0.2) is 25.0 Å². The van der Waals surface area contributed by atoms with Gasteiger partial charge in [-0.1, -0.05) is 26.7 Å². The molecule has 0 spiro atoms. The Bertz CT molecular complexity index is 235. The van der Waals surface area contributed by atoms with Gasteiger partial charge in [0.25, 0.3) is 0 Å². The molecule has 0 saturated carbocycles. The van der Waals surface area contributed by atoms with Crippen molar-refractivity contribution in [3.63, 3.8) is 0 Å². The molecule has 0 radical (unpaired) electrons. The first-order valence-electron chi connectivity index (χ1n) is 5.50. The number of hydrogen-bond acceptors (Lipinski definition) is 5. The minimum atomic E-state index is -1.30. The number of esters is 1. The Balaban J connectivity index is 2.19. The average Bonchev–Trinajstić information content (AvgIpc) is 3.00. The largest absolute Gasteiger partial charge is 0.460 e. The van der Waals surface area contributed by atoms with Crippen LogP contribution in [0.3, 0.4) is 0 Å². The number of carbonyl (C=O) groups is 1. The van der Waals surface area contributed by atoms with E-state index in [9.17, 15) is 4.79 Å². The van der Waals surface area contributed by atoms with Crippen LogP contribution in [-0.2, 0) is 14.3 Å². The Kier molecular flexibility index (Phi) is 4.68. The van der Waals surface area contributed by atoms with Crippen molar-refractivity contribution in [3.05, 3.63) is 0 Å². The molecule has 15 heavy (non-hydrogen) atoms. The number of hydrogen-bond donors (Lipinski definition) is 0. The lowest BCUT2D eigenvalue weighted by molar-refractivity contribution is -0.162. The predicted octanol–water partition coefficient (Wildman–Crippen LogP) is 2.27. The van der Waals surface area contributed by atoms with Gasteiger partial charge >= 0.3 is 11.8 Å². The number of ether oxygens (including phenoxy) is 2. The summed E-state index contributed by atoms with van der Waals surface area (Å²) in [5, 5.41) is 7.23. The molecule has 86 valence electrons. The molecule has 5 nitrogen and oxygen atoms in total. The third-order valence-electron chi connectivity index (χ3n) is 2.08. The van der Waals surface area contributed by atoms with Crippen LogP contribution in [0.15, 0.2) is 10.2 Å². The van der Waals surface area contributed by atoms with Crippen molar-refractivity contribution in [1.82, 2.24) is 0 Å². The molecular formula is C10H18N2O3. The second-order valence-corrected chi connectivity index (χ2v) is 3.50. The van der Waals surface area contributed by atoms with Crippen LogP contribution in [0.4, 0.5) is 0 Å². The van der Waals surface area contributed by atoms with E-state index < -0.39 is 11.8 Å². The van der Waals surface area contributed by atoms with Crippen LogP contribution in [0.25, 0.3) is 0 Å². The fourth-order valence-electron chi connectivity index (χ4n) is 1.01. The number of rotatable bonds is 8. The summed E-state index contributed by atoms with van der Waals surface area (Å²) in [5.41, 5.74) is 0. The standard InChI is InChI=1S/C10H18N2O3/c1-3-5-7-14-9(13)10(11-12-10)15-8-6-4-2/h3-8H2,1-2H3. The van der Waals surface area contributed by atoms with Crippen molar-refractivity contribution in [1.29, 1.82) is 0 Å². The van der Waals surface area contributed by atoms with Crippen LogP contribution in [0.5, 0.6) is 0 Å². The molecule has 0 bridgehead atoms. The van der Waals surface area contributed by atoms with E-state index in [1.165, 1.54) is 0 Å². The van der Waals surface area contributed by atoms with Crippen molar-refractivity contribution in [3.8, 4) is 0 Å². The fourth-order valence-corrected chi connectivity index (χ4v) is 1.01. The first-order valence-corrected chi connectivity index (χ1v) is 5.50. The maximum absolute atomic E-state index is 11.5. The smallest absolute Gasteiger partial charge is 0.393 e. The summed E-state index contributed by atoms with van der Waals surface area (Å²) in [5.74, 6) is -1.78. The summed E-state index contributed by atoms with van der Waals surface area (Å²) >= 11 is 0. The summed E-state index contributed by atoms with van der Waals surface area (Å²) in [4.78, 5) is 11.5. The molecule has 1 aliphatic rings. The van der Waals surface area contributed by atoms with Gasteiger partial charge in [0, 0.05) is 0 Å². The summed E-state index contributed by atoms with van der Waals surface area (Å²) in [6, 6.07) is 0. The quantitative estimate of drug-likeness (QED) is 0.460. The lowest BCUT2D eigenvalue weighted by Gasteiger charge is -2.10. The van der Waals surface area contributed by atoms with Crippen LogP contribution < -0.4 is 0 Å². The summed E-state index contributed by atoms with van der Waals surface area (Å²) < 4.78 is 10.3. The second-order valence-electron chi connectivity index (χ2n) is 3.50. The van der Waals surface area contributed by atoms with E-state index >= 15 is 0 Å². The van der Waals surface area contributed by atoms with Crippen molar-refractivity contribution < 1.29 is 14.3 Å². The Labute approximate surface area is 89.9 Å². The number of carbonyl (C=O) groups excluding carboxylic acids is 1. The van der Waals surface area contributed by atoms with E-state index in [2.05, 4.69) is 17.2 Å². The summed E-state index contributed by atoms with van der Waals surface area (Å²) in [6.45, 7) is 5.00. The third kappa shape index (κ3) is 3.58. The number of unbranched alkanes of at least 4 members (excludes halogenated alkanes) is 2. The molecule has 0 fully saturated rings. The molecule has 0 aromatic rings. The molecule has 0 atom stereocenters. The van der Waals surface area contributed by atoms with E-state index in [0.29, 0.717) is 13.2 Å². The van der Waals surface area contributed by atoms with Crippen LogP contribution >= 0.6 is 0 Å². The van der Waals surface area contributed by atoms with E-state index in [1.807, 2.05) is 6.92 Å². The first-order chi connectivity index (χ1) is 7.25. The van der Waals surface area contributed by atoms with Crippen LogP contribution in [0.2, 0.25) is 0 Å². The molecular weight excluding hydrogens is 196 g/mol. The van der Waals surface area contributed by atoms with E-state index in [-0.39, 0.29) is 0 Å². The highest BCUT2D eigenvalue weighted by molar-refractivity contribution is 5.80. The molecule has 1 rings (SSSR count).